The Balaban J connectivity index is 3.06. The number of carboxylic acid groups (broad SMARTS) is 1. The molecule has 0 fully saturated rings. The van der Waals surface area contributed by atoms with Crippen LogP contribution in [0.15, 0.2) is 34.8 Å². The van der Waals surface area contributed by atoms with Crippen LogP contribution in [0.1, 0.15) is 6.92 Å². The van der Waals surface area contributed by atoms with Gasteiger partial charge in [-0.05, 0) is 19.1 Å². The second kappa shape index (κ2) is 6.35. The first-order valence-corrected chi connectivity index (χ1v) is 5.83. The molecule has 1 rings (SSSR count). The Hall–Kier alpha value is -1.62. The molecule has 0 radical (unpaired) electrons. The summed E-state index contributed by atoms with van der Waals surface area (Å²) in [6.45, 7) is 2.00. The molecule has 100 valence electrons. The van der Waals surface area contributed by atoms with Crippen LogP contribution in [0.25, 0.3) is 0 Å². The molecule has 0 aromatic heterocycles. The third-order valence-corrected chi connectivity index (χ3v) is 2.68. The Kier molecular flexibility index (Phi) is 5.09. The minimum Gasteiger partial charge on any atom is -0.484 e. The van der Waals surface area contributed by atoms with Crippen LogP contribution in [0.2, 0.25) is 0 Å². The predicted molar refractivity (Wildman–Crippen MR) is 70.0 cm³/mol. The summed E-state index contributed by atoms with van der Waals surface area (Å²) < 4.78 is 5.17. The molecule has 1 atom stereocenters. The van der Waals surface area contributed by atoms with E-state index in [2.05, 4.69) is 5.32 Å². The molecular weight excluding hydrogens is 256 g/mol. The maximum atomic E-state index is 10.9. The first-order valence-electron chi connectivity index (χ1n) is 5.46. The number of carbonyl (C=O) groups is 1. The number of rotatable bonds is 2. The fraction of sp³-hybridized carbons (Fsp3) is 0.417. The highest BCUT2D eigenvalue weighted by Crippen LogP contribution is 2.17. The van der Waals surface area contributed by atoms with E-state index in [4.69, 9.17) is 21.4 Å². The molecule has 0 aliphatic carbocycles. The lowest BCUT2D eigenvalue weighted by molar-refractivity contribution is -0.146. The summed E-state index contributed by atoms with van der Waals surface area (Å²) in [5.41, 5.74) is 1.52. The largest absolute Gasteiger partial charge is 0.484 e. The van der Waals surface area contributed by atoms with E-state index < -0.39 is 12.1 Å². The third kappa shape index (κ3) is 4.00. The molecule has 1 unspecified atom stereocenters. The lowest BCUT2D eigenvalue weighted by Gasteiger charge is -2.19. The normalized spacial score (nSPS) is 29.3. The Morgan fingerprint density at radius 1 is 1.61 bits per heavy atom. The molecule has 6 heteroatoms. The number of hydrogen-bond acceptors (Lipinski definition) is 4. The summed E-state index contributed by atoms with van der Waals surface area (Å²) in [5, 5.41) is 12.5. The van der Waals surface area contributed by atoms with Gasteiger partial charge in [0.15, 0.2) is 0 Å². The van der Waals surface area contributed by atoms with E-state index in [0.717, 1.165) is 11.4 Å². The van der Waals surface area contributed by atoms with E-state index >= 15 is 0 Å². The highest BCUT2D eigenvalue weighted by atomic mass is 35.5. The van der Waals surface area contributed by atoms with Gasteiger partial charge in [0.1, 0.15) is 0 Å². The molecule has 1 aliphatic heterocycles. The number of aliphatic carboxylic acids is 1. The van der Waals surface area contributed by atoms with Gasteiger partial charge < -0.3 is 20.1 Å². The zero-order valence-corrected chi connectivity index (χ0v) is 11.4. The van der Waals surface area contributed by atoms with Gasteiger partial charge in [-0.2, -0.15) is 0 Å². The van der Waals surface area contributed by atoms with Crippen molar-refractivity contribution in [3.05, 3.63) is 34.8 Å². The van der Waals surface area contributed by atoms with Crippen LogP contribution in [-0.2, 0) is 9.53 Å². The Morgan fingerprint density at radius 2 is 2.28 bits per heavy atom. The first kappa shape index (κ1) is 14.4. The average molecular weight is 273 g/mol. The molecule has 0 saturated heterocycles. The topological polar surface area (TPSA) is 61.8 Å². The van der Waals surface area contributed by atoms with Crippen molar-refractivity contribution in [2.75, 3.05) is 20.6 Å². The van der Waals surface area contributed by atoms with Gasteiger partial charge in [-0.3, -0.25) is 0 Å². The SMILES string of the molecule is C\C1=C/C(Cl)=C(N(C)C)\C=C\OC(C(=O)O)CN1. The van der Waals surface area contributed by atoms with Gasteiger partial charge in [0.05, 0.1) is 23.5 Å². The fourth-order valence-corrected chi connectivity index (χ4v) is 1.80. The summed E-state index contributed by atoms with van der Waals surface area (Å²) in [4.78, 5) is 12.8. The lowest BCUT2D eigenvalue weighted by Crippen LogP contribution is -2.34. The molecule has 1 aliphatic rings. The van der Waals surface area contributed by atoms with Gasteiger partial charge in [-0.15, -0.1) is 0 Å². The molecule has 5 nitrogen and oxygen atoms in total. The number of allylic oxidation sites excluding steroid dienone is 4. The maximum Gasteiger partial charge on any atom is 0.346 e. The highest BCUT2D eigenvalue weighted by molar-refractivity contribution is 6.31. The minimum absolute atomic E-state index is 0.184. The number of nitrogens with zero attached hydrogens (tertiary/aromatic N) is 1. The third-order valence-electron chi connectivity index (χ3n) is 2.38. The van der Waals surface area contributed by atoms with E-state index in [-0.39, 0.29) is 6.54 Å². The van der Waals surface area contributed by atoms with Crippen molar-refractivity contribution in [3.8, 4) is 0 Å². The van der Waals surface area contributed by atoms with Crippen molar-refractivity contribution in [2.45, 2.75) is 13.0 Å². The molecule has 1 heterocycles. The van der Waals surface area contributed by atoms with E-state index in [1.807, 2.05) is 25.9 Å². The van der Waals surface area contributed by atoms with Crippen molar-refractivity contribution in [3.63, 3.8) is 0 Å². The molecule has 0 bridgehead atoms. The van der Waals surface area contributed by atoms with Crippen molar-refractivity contribution in [1.82, 2.24) is 10.2 Å². The summed E-state index contributed by atoms with van der Waals surface area (Å²) in [6.07, 6.45) is 3.83. The Morgan fingerprint density at radius 3 is 2.83 bits per heavy atom. The number of hydrogen-bond donors (Lipinski definition) is 2. The highest BCUT2D eigenvalue weighted by Gasteiger charge is 2.18. The van der Waals surface area contributed by atoms with Crippen LogP contribution < -0.4 is 5.32 Å². The average Bonchev–Trinajstić information content (AvgIpc) is 2.26. The monoisotopic (exact) mass is 272 g/mol. The van der Waals surface area contributed by atoms with Crippen molar-refractivity contribution >= 4 is 17.6 Å². The number of ether oxygens (including phenoxy) is 1. The Bertz CT molecular complexity index is 414. The van der Waals surface area contributed by atoms with Crippen LogP contribution in [-0.4, -0.2) is 42.7 Å². The van der Waals surface area contributed by atoms with E-state index in [1.165, 1.54) is 6.26 Å². The zero-order valence-electron chi connectivity index (χ0n) is 10.6. The van der Waals surface area contributed by atoms with Gasteiger partial charge in [0.25, 0.3) is 0 Å². The fourth-order valence-electron chi connectivity index (χ4n) is 1.40. The molecule has 18 heavy (non-hydrogen) atoms. The van der Waals surface area contributed by atoms with Crippen LogP contribution in [0.5, 0.6) is 0 Å². The van der Waals surface area contributed by atoms with E-state index in [0.29, 0.717) is 5.03 Å². The van der Waals surface area contributed by atoms with Gasteiger partial charge in [-0.1, -0.05) is 11.6 Å². The quantitative estimate of drug-likeness (QED) is 0.797. The minimum atomic E-state index is -1.01. The van der Waals surface area contributed by atoms with Crippen LogP contribution in [0, 0.1) is 0 Å². The van der Waals surface area contributed by atoms with Gasteiger partial charge in [0.2, 0.25) is 6.10 Å². The van der Waals surface area contributed by atoms with Gasteiger partial charge >= 0.3 is 5.97 Å². The van der Waals surface area contributed by atoms with Crippen molar-refractivity contribution in [1.29, 1.82) is 0 Å². The molecule has 0 amide bonds. The molecule has 0 aromatic carbocycles. The van der Waals surface area contributed by atoms with Crippen molar-refractivity contribution in [2.24, 2.45) is 0 Å². The van der Waals surface area contributed by atoms with E-state index in [1.54, 1.807) is 12.2 Å². The Labute approximate surface area is 111 Å². The van der Waals surface area contributed by atoms with Gasteiger partial charge in [-0.25, -0.2) is 4.79 Å². The van der Waals surface area contributed by atoms with Gasteiger partial charge in [0, 0.05) is 19.8 Å². The lowest BCUT2D eigenvalue weighted by atomic mass is 10.2. The zero-order chi connectivity index (χ0) is 13.7. The standard InChI is InChI=1S/C12H17ClN2O3/c1-8-6-9(13)10(15(2)3)4-5-18-11(7-14-8)12(16)17/h4-6,11,14H,7H2,1-3H3,(H,16,17)/b5-4+,8-6+,10-9-. The summed E-state index contributed by atoms with van der Waals surface area (Å²) in [7, 11) is 3.69. The smallest absolute Gasteiger partial charge is 0.346 e. The molecule has 0 spiro atoms. The predicted octanol–water partition coefficient (Wildman–Crippen LogP) is 1.49. The molecule has 0 saturated carbocycles. The summed E-state index contributed by atoms with van der Waals surface area (Å²) in [5.74, 6) is -1.01. The maximum absolute atomic E-state index is 10.9. The second-order valence-corrected chi connectivity index (χ2v) is 4.51. The van der Waals surface area contributed by atoms with Crippen molar-refractivity contribution < 1.29 is 14.6 Å². The number of likely N-dealkylation sites (N-methyl/N-ethyl adjacent to an activating group) is 1. The number of carboxylic acids is 1. The summed E-state index contributed by atoms with van der Waals surface area (Å²) >= 11 is 6.17. The van der Waals surface area contributed by atoms with E-state index in [9.17, 15) is 4.79 Å². The van der Waals surface area contributed by atoms with Crippen LogP contribution in [0.4, 0.5) is 0 Å². The number of halogens is 1. The van der Waals surface area contributed by atoms with Crippen LogP contribution in [0.3, 0.4) is 0 Å². The summed E-state index contributed by atoms with van der Waals surface area (Å²) in [6, 6.07) is 0. The first-order chi connectivity index (χ1) is 8.41. The second-order valence-electron chi connectivity index (χ2n) is 4.10. The molecule has 0 aromatic rings. The molecule has 2 N–H and O–H groups in total. The van der Waals surface area contributed by atoms with Crippen LogP contribution >= 0.6 is 11.6 Å². The molecular formula is C12H17ClN2O3. The number of nitrogens with one attached hydrogen (secondary N) is 1.